The van der Waals surface area contributed by atoms with Gasteiger partial charge in [0.15, 0.2) is 0 Å². The minimum Gasteiger partial charge on any atom is -0.355 e. The number of hydrogen-bond acceptors (Lipinski definition) is 5. The Balaban J connectivity index is 2.18. The molecule has 26 heavy (non-hydrogen) atoms. The van der Waals surface area contributed by atoms with E-state index >= 15 is 0 Å². The number of fused-ring (bicyclic) bond motifs is 1. The van der Waals surface area contributed by atoms with Crippen molar-refractivity contribution in [3.05, 3.63) is 17.9 Å². The van der Waals surface area contributed by atoms with Crippen LogP contribution < -0.4 is 15.5 Å². The highest BCUT2D eigenvalue weighted by Crippen LogP contribution is 2.41. The number of hydrogen-bond donors (Lipinski definition) is 2. The first-order chi connectivity index (χ1) is 12.0. The summed E-state index contributed by atoms with van der Waals surface area (Å²) >= 11 is 0. The number of alkyl halides is 3. The molecule has 0 aromatic heterocycles. The van der Waals surface area contributed by atoms with Crippen molar-refractivity contribution in [2.24, 2.45) is 4.40 Å². The van der Waals surface area contributed by atoms with E-state index in [1.807, 2.05) is 0 Å². The molecular formula is C15H18F4N4O2S. The van der Waals surface area contributed by atoms with E-state index in [2.05, 4.69) is 15.0 Å². The van der Waals surface area contributed by atoms with Gasteiger partial charge < -0.3 is 15.5 Å². The van der Waals surface area contributed by atoms with Gasteiger partial charge in [0.1, 0.15) is 22.6 Å². The quantitative estimate of drug-likeness (QED) is 0.754. The van der Waals surface area contributed by atoms with Crippen molar-refractivity contribution in [2.75, 3.05) is 23.3 Å². The third-order valence-corrected chi connectivity index (χ3v) is 5.69. The van der Waals surface area contributed by atoms with Gasteiger partial charge in [0.2, 0.25) is 0 Å². The lowest BCUT2D eigenvalue weighted by Crippen LogP contribution is -2.61. The normalized spacial score (nSPS) is 25.3. The molecule has 0 spiro atoms. The summed E-state index contributed by atoms with van der Waals surface area (Å²) in [5.74, 6) is -0.844. The molecule has 11 heteroatoms. The second kappa shape index (κ2) is 6.38. The van der Waals surface area contributed by atoms with Gasteiger partial charge in [-0.3, -0.25) is 0 Å². The number of piperazine rings is 1. The van der Waals surface area contributed by atoms with E-state index in [0.717, 1.165) is 17.0 Å². The highest BCUT2D eigenvalue weighted by atomic mass is 32.2. The van der Waals surface area contributed by atoms with E-state index < -0.39 is 33.0 Å². The molecule has 0 unspecified atom stereocenters. The van der Waals surface area contributed by atoms with Crippen molar-refractivity contribution in [3.63, 3.8) is 0 Å². The van der Waals surface area contributed by atoms with E-state index in [-0.39, 0.29) is 42.8 Å². The molecule has 6 nitrogen and oxygen atoms in total. The van der Waals surface area contributed by atoms with Crippen molar-refractivity contribution >= 4 is 27.2 Å². The molecule has 3 rings (SSSR count). The number of sulfonamides is 1. The maximum Gasteiger partial charge on any atom is 0.409 e. The fraction of sp³-hybridized carbons (Fsp3) is 0.533. The molecule has 2 aliphatic rings. The zero-order chi connectivity index (χ0) is 19.3. The predicted molar refractivity (Wildman–Crippen MR) is 89.6 cm³/mol. The van der Waals surface area contributed by atoms with Gasteiger partial charge in [-0.05, 0) is 19.1 Å². The van der Waals surface area contributed by atoms with Crippen LogP contribution in [0.1, 0.15) is 20.3 Å². The minimum atomic E-state index is -4.57. The average Bonchev–Trinajstić information content (AvgIpc) is 2.53. The van der Waals surface area contributed by atoms with Crippen LogP contribution in [-0.2, 0) is 10.0 Å². The molecular weight excluding hydrogens is 376 g/mol. The van der Waals surface area contributed by atoms with Gasteiger partial charge in [-0.1, -0.05) is 6.92 Å². The van der Waals surface area contributed by atoms with Gasteiger partial charge in [-0.15, -0.1) is 4.40 Å². The summed E-state index contributed by atoms with van der Waals surface area (Å²) in [5, 5.41) is 5.51. The van der Waals surface area contributed by atoms with Crippen molar-refractivity contribution in [1.29, 1.82) is 0 Å². The number of nitrogens with zero attached hydrogens (tertiary/aromatic N) is 2. The number of anilines is 2. The van der Waals surface area contributed by atoms with Crippen LogP contribution in [0, 0.1) is 5.82 Å². The molecule has 2 atom stereocenters. The third-order valence-electron chi connectivity index (χ3n) is 4.35. The molecule has 1 aromatic carbocycles. The van der Waals surface area contributed by atoms with Crippen LogP contribution in [-0.4, -0.2) is 45.6 Å². The van der Waals surface area contributed by atoms with Crippen molar-refractivity contribution in [1.82, 2.24) is 5.32 Å². The Hall–Kier alpha value is -1.88. The zero-order valence-electron chi connectivity index (χ0n) is 14.1. The Kier molecular flexibility index (Phi) is 4.63. The number of nitrogens with one attached hydrogen (secondary N) is 2. The van der Waals surface area contributed by atoms with Crippen molar-refractivity contribution in [3.8, 4) is 0 Å². The fourth-order valence-electron chi connectivity index (χ4n) is 3.11. The molecule has 0 aliphatic carbocycles. The first kappa shape index (κ1) is 18.9. The first-order valence-electron chi connectivity index (χ1n) is 8.04. The monoisotopic (exact) mass is 394 g/mol. The maximum absolute atomic E-state index is 14.1. The van der Waals surface area contributed by atoms with Crippen LogP contribution in [0.2, 0.25) is 0 Å². The standard InChI is InChI=1S/C15H18F4N4O2S/c1-3-13-21-14-10(4-9(16)5-11(14)26(24,25)22-13)23-7-8(2)20-6-12(23)15(17,18)19/h4-5,8,12,20H,3,6-7H2,1-2H3,(H,21,22)/t8-,12-/m0/s1. The van der Waals surface area contributed by atoms with Gasteiger partial charge >= 0.3 is 6.18 Å². The topological polar surface area (TPSA) is 73.8 Å². The van der Waals surface area contributed by atoms with Crippen LogP contribution in [0.15, 0.2) is 21.4 Å². The third kappa shape index (κ3) is 3.37. The van der Waals surface area contributed by atoms with Crippen molar-refractivity contribution in [2.45, 2.75) is 43.4 Å². The van der Waals surface area contributed by atoms with Crippen LogP contribution in [0.5, 0.6) is 0 Å². The largest absolute Gasteiger partial charge is 0.409 e. The van der Waals surface area contributed by atoms with Gasteiger partial charge in [0.25, 0.3) is 10.0 Å². The molecule has 0 radical (unpaired) electrons. The van der Waals surface area contributed by atoms with Crippen LogP contribution in [0.3, 0.4) is 0 Å². The molecule has 144 valence electrons. The Morgan fingerprint density at radius 2 is 2.04 bits per heavy atom. The Labute approximate surface area is 148 Å². The first-order valence-corrected chi connectivity index (χ1v) is 9.48. The van der Waals surface area contributed by atoms with Gasteiger partial charge in [-0.25, -0.2) is 4.39 Å². The molecule has 2 aliphatic heterocycles. The molecule has 1 saturated heterocycles. The van der Waals surface area contributed by atoms with E-state index in [1.165, 1.54) is 0 Å². The lowest BCUT2D eigenvalue weighted by atomic mass is 10.1. The fourth-order valence-corrected chi connectivity index (χ4v) is 4.34. The van der Waals surface area contributed by atoms with Crippen molar-refractivity contribution < 1.29 is 26.0 Å². The zero-order valence-corrected chi connectivity index (χ0v) is 14.9. The number of rotatable bonds is 2. The molecule has 2 N–H and O–H groups in total. The Bertz CT molecular complexity index is 854. The molecule has 1 fully saturated rings. The molecule has 0 bridgehead atoms. The van der Waals surface area contributed by atoms with Crippen LogP contribution in [0.25, 0.3) is 0 Å². The highest BCUT2D eigenvalue weighted by molar-refractivity contribution is 7.90. The lowest BCUT2D eigenvalue weighted by molar-refractivity contribution is -0.150. The van der Waals surface area contributed by atoms with E-state index in [4.69, 9.17) is 0 Å². The summed E-state index contributed by atoms with van der Waals surface area (Å²) in [7, 11) is -4.19. The molecule has 0 saturated carbocycles. The molecule has 1 aromatic rings. The summed E-state index contributed by atoms with van der Waals surface area (Å²) < 4.78 is 82.8. The number of halogens is 4. The lowest BCUT2D eigenvalue weighted by Gasteiger charge is -2.42. The summed E-state index contributed by atoms with van der Waals surface area (Å²) in [6, 6.07) is -0.493. The summed E-state index contributed by atoms with van der Waals surface area (Å²) in [6.07, 6.45) is -4.34. The predicted octanol–water partition coefficient (Wildman–Crippen LogP) is 2.48. The summed E-state index contributed by atoms with van der Waals surface area (Å²) in [4.78, 5) is 0.543. The second-order valence-electron chi connectivity index (χ2n) is 6.31. The van der Waals surface area contributed by atoms with Gasteiger partial charge in [0.05, 0.1) is 11.4 Å². The van der Waals surface area contributed by atoms with Gasteiger partial charge in [0, 0.05) is 25.6 Å². The average molecular weight is 394 g/mol. The molecule has 0 amide bonds. The number of benzene rings is 1. The SMILES string of the molecule is CCC1=NS(=O)(=O)c2cc(F)cc(N3C[C@H](C)NC[C@H]3C(F)(F)F)c2N1. The minimum absolute atomic E-state index is 0.0552. The van der Waals surface area contributed by atoms with Crippen LogP contribution >= 0.6 is 0 Å². The van der Waals surface area contributed by atoms with E-state index in [0.29, 0.717) is 0 Å². The summed E-state index contributed by atoms with van der Waals surface area (Å²) in [6.45, 7) is 2.92. The highest BCUT2D eigenvalue weighted by Gasteiger charge is 2.47. The summed E-state index contributed by atoms with van der Waals surface area (Å²) in [5.41, 5.74) is -0.207. The Morgan fingerprint density at radius 1 is 1.35 bits per heavy atom. The Morgan fingerprint density at radius 3 is 2.65 bits per heavy atom. The smallest absolute Gasteiger partial charge is 0.355 e. The second-order valence-corrected chi connectivity index (χ2v) is 7.88. The van der Waals surface area contributed by atoms with Gasteiger partial charge in [-0.2, -0.15) is 21.6 Å². The number of amidine groups is 1. The molecule has 2 heterocycles. The van der Waals surface area contributed by atoms with E-state index in [1.54, 1.807) is 13.8 Å². The van der Waals surface area contributed by atoms with Crippen LogP contribution in [0.4, 0.5) is 28.9 Å². The van der Waals surface area contributed by atoms with E-state index in [9.17, 15) is 26.0 Å². The maximum atomic E-state index is 14.1.